The van der Waals surface area contributed by atoms with E-state index >= 15 is 0 Å². The number of hydrogen-bond acceptors (Lipinski definition) is 3. The van der Waals surface area contributed by atoms with E-state index in [4.69, 9.17) is 4.99 Å². The Labute approximate surface area is 391 Å². The Balaban J connectivity index is 0.000000570. The van der Waals surface area contributed by atoms with Gasteiger partial charge < -0.3 is 4.57 Å². The second-order valence-corrected chi connectivity index (χ2v) is 16.5. The predicted molar refractivity (Wildman–Crippen MR) is 289 cm³/mol. The summed E-state index contributed by atoms with van der Waals surface area (Å²) < 4.78 is 2.42. The summed E-state index contributed by atoms with van der Waals surface area (Å²) in [5.74, 6) is 0. The normalized spacial score (nSPS) is 12.1. The van der Waals surface area contributed by atoms with Gasteiger partial charge in [-0.25, -0.2) is 0 Å². The number of fused-ring (bicyclic) bond motifs is 5. The van der Waals surface area contributed by atoms with Crippen LogP contribution in [0.25, 0.3) is 48.9 Å². The molecular weight excluding hydrogens is 807 g/mol. The van der Waals surface area contributed by atoms with Crippen molar-refractivity contribution in [1.29, 1.82) is 0 Å². The van der Waals surface area contributed by atoms with Crippen LogP contribution >= 0.6 is 11.8 Å². The lowest BCUT2D eigenvalue weighted by Crippen LogP contribution is -2.00. The average Bonchev–Trinajstić information content (AvgIpc) is 3.67. The quantitative estimate of drug-likeness (QED) is 0.0491. The third kappa shape index (κ3) is 12.1. The zero-order valence-electron chi connectivity index (χ0n) is 38.4. The van der Waals surface area contributed by atoms with Crippen LogP contribution in [0.1, 0.15) is 61.9 Å². The smallest absolute Gasteiger partial charge is 0.0716 e. The van der Waals surface area contributed by atoms with Crippen molar-refractivity contribution in [3.8, 4) is 5.69 Å². The van der Waals surface area contributed by atoms with Crippen LogP contribution in [0, 0.1) is 6.92 Å². The highest BCUT2D eigenvalue weighted by Crippen LogP contribution is 2.43. The molecule has 8 rings (SSSR count). The van der Waals surface area contributed by atoms with E-state index in [-0.39, 0.29) is 0 Å². The van der Waals surface area contributed by atoms with Crippen molar-refractivity contribution in [1.82, 2.24) is 4.57 Å². The number of allylic oxidation sites excluding steroid dienone is 8. The average molecular weight is 866 g/mol. The van der Waals surface area contributed by atoms with Crippen molar-refractivity contribution in [3.63, 3.8) is 0 Å². The number of rotatable bonds is 13. The molecule has 0 saturated heterocycles. The number of aryl methyl sites for hydroxylation is 1. The minimum absolute atomic E-state index is 0.534. The monoisotopic (exact) mass is 865 g/mol. The molecule has 0 aliphatic heterocycles. The second-order valence-electron chi connectivity index (χ2n) is 15.4. The topological polar surface area (TPSA) is 29.6 Å². The molecule has 0 aliphatic rings. The Bertz CT molecular complexity index is 3020. The number of thioether (sulfide) groups is 1. The van der Waals surface area contributed by atoms with E-state index in [9.17, 15) is 0 Å². The fraction of sp³-hybridized carbons (Fsp3) is 0.115. The van der Waals surface area contributed by atoms with Crippen LogP contribution in [-0.2, 0) is 6.54 Å². The Kier molecular flexibility index (Phi) is 17.4. The van der Waals surface area contributed by atoms with E-state index in [0.717, 1.165) is 40.2 Å². The van der Waals surface area contributed by atoms with E-state index < -0.39 is 0 Å². The summed E-state index contributed by atoms with van der Waals surface area (Å²) in [6, 6.07) is 58.0. The lowest BCUT2D eigenvalue weighted by atomic mass is 10.0. The van der Waals surface area contributed by atoms with Crippen LogP contribution in [0.2, 0.25) is 0 Å². The van der Waals surface area contributed by atoms with Gasteiger partial charge in [-0.15, -0.1) is 6.58 Å². The van der Waals surface area contributed by atoms with Gasteiger partial charge in [-0.3, -0.25) is 9.98 Å². The van der Waals surface area contributed by atoms with Crippen LogP contribution in [0.5, 0.6) is 0 Å². The molecule has 1 aromatic heterocycles. The molecule has 0 N–H and O–H groups in total. The number of nitrogens with zero attached hydrogens (tertiary/aromatic N) is 3. The Morgan fingerprint density at radius 3 is 1.92 bits per heavy atom. The van der Waals surface area contributed by atoms with Crippen LogP contribution in [-0.4, -0.2) is 17.0 Å². The summed E-state index contributed by atoms with van der Waals surface area (Å²) in [4.78, 5) is 12.0. The van der Waals surface area contributed by atoms with Crippen LogP contribution in [0.3, 0.4) is 0 Å². The fourth-order valence-electron chi connectivity index (χ4n) is 7.46. The van der Waals surface area contributed by atoms with E-state index in [2.05, 4.69) is 178 Å². The van der Waals surface area contributed by atoms with Crippen molar-refractivity contribution < 1.29 is 0 Å². The van der Waals surface area contributed by atoms with Crippen molar-refractivity contribution in [2.75, 3.05) is 0 Å². The highest BCUT2D eigenvalue weighted by atomic mass is 32.2. The van der Waals surface area contributed by atoms with Gasteiger partial charge in [0.2, 0.25) is 0 Å². The highest BCUT2D eigenvalue weighted by Gasteiger charge is 2.18. The van der Waals surface area contributed by atoms with Crippen molar-refractivity contribution >= 4 is 67.4 Å². The van der Waals surface area contributed by atoms with E-state index in [1.165, 1.54) is 59.1 Å². The summed E-state index contributed by atoms with van der Waals surface area (Å²) in [5.41, 5.74) is 12.1. The lowest BCUT2D eigenvalue weighted by Gasteiger charge is -2.12. The molecule has 0 spiro atoms. The summed E-state index contributed by atoms with van der Waals surface area (Å²) in [7, 11) is 0. The minimum Gasteiger partial charge on any atom is -0.309 e. The van der Waals surface area contributed by atoms with Gasteiger partial charge in [0.25, 0.3) is 0 Å². The molecule has 0 bridgehead atoms. The number of benzene rings is 7. The van der Waals surface area contributed by atoms with Crippen molar-refractivity contribution in [3.05, 3.63) is 253 Å². The summed E-state index contributed by atoms with van der Waals surface area (Å²) >= 11 is 1.86. The molecule has 0 radical (unpaired) electrons. The van der Waals surface area contributed by atoms with Gasteiger partial charge in [0.15, 0.2) is 0 Å². The third-order valence-corrected chi connectivity index (χ3v) is 12.1. The molecular formula is C61H59N3S. The molecule has 0 fully saturated rings. The van der Waals surface area contributed by atoms with Gasteiger partial charge in [0.1, 0.15) is 0 Å². The second kappa shape index (κ2) is 24.0. The Hall–Kier alpha value is -7.27. The van der Waals surface area contributed by atoms with Gasteiger partial charge in [-0.1, -0.05) is 201 Å². The summed E-state index contributed by atoms with van der Waals surface area (Å²) in [5, 5.41) is 5.05. The standard InChI is InChI=1S/C50H41N3S.C8H12.C3H6/c1-4-16-48(40-22-12-7-13-23-40)54-49-32-43-47(31-35(49)2)53(46-30-27-37-17-14-15-24-42(37)50(43)46)41-28-25-36(26-29-41)34-52-45(39-20-10-6-11-21-39)33-44(51-3)38-18-8-5-9-19-38;1-4-6-7-8(3)5-2;1-3-2/h5-33H,3-4,34H2,1-2H3;4-7H,1H2,2-3H3;3H,1H2,2H3/b44-33-,48-16-,52-45?;7-6-,8-5+;. The maximum Gasteiger partial charge on any atom is 0.0716 e. The SMILES string of the molecule is C=C/C=C\C(C)=C\C.C=CC.C=N/C(=C\C(=NCc1ccc(-n2c3cc(C)c(S/C(=C\CC)c4ccccc4)cc3c3c4ccccc4ccc32)cc1)c1ccccc1)c1ccccc1. The zero-order chi connectivity index (χ0) is 46.0. The molecule has 4 heteroatoms. The number of hydrogen-bond donors (Lipinski definition) is 0. The first-order valence-corrected chi connectivity index (χ1v) is 23.0. The van der Waals surface area contributed by atoms with Gasteiger partial charge >= 0.3 is 0 Å². The number of aromatic nitrogens is 1. The molecule has 0 atom stereocenters. The van der Waals surface area contributed by atoms with Crippen molar-refractivity contribution in [2.45, 2.75) is 52.5 Å². The van der Waals surface area contributed by atoms with Gasteiger partial charge in [-0.2, -0.15) is 0 Å². The molecule has 0 aliphatic carbocycles. The van der Waals surface area contributed by atoms with Crippen LogP contribution < -0.4 is 0 Å². The summed E-state index contributed by atoms with van der Waals surface area (Å²) in [6.45, 7) is 21.7. The lowest BCUT2D eigenvalue weighted by molar-refractivity contribution is 1.06. The molecule has 0 saturated carbocycles. The number of aliphatic imine (C=N–C) groups is 2. The molecule has 7 aromatic carbocycles. The van der Waals surface area contributed by atoms with Gasteiger partial charge in [-0.05, 0) is 110 Å². The predicted octanol–water partition coefficient (Wildman–Crippen LogP) is 17.4. The first-order chi connectivity index (χ1) is 31.8. The van der Waals surface area contributed by atoms with E-state index in [0.29, 0.717) is 6.54 Å². The van der Waals surface area contributed by atoms with Crippen molar-refractivity contribution in [2.24, 2.45) is 9.98 Å². The summed E-state index contributed by atoms with van der Waals surface area (Å²) in [6.07, 6.45) is 14.9. The van der Waals surface area contributed by atoms with E-state index in [1.807, 2.05) is 92.4 Å². The molecule has 324 valence electrons. The fourth-order valence-corrected chi connectivity index (χ4v) is 8.60. The maximum absolute atomic E-state index is 5.12. The van der Waals surface area contributed by atoms with E-state index in [1.54, 1.807) is 12.2 Å². The first-order valence-electron chi connectivity index (χ1n) is 22.2. The first kappa shape index (κ1) is 47.2. The maximum atomic E-state index is 5.12. The molecule has 8 aromatic rings. The molecule has 3 nitrogen and oxygen atoms in total. The highest BCUT2D eigenvalue weighted by molar-refractivity contribution is 8.08. The van der Waals surface area contributed by atoms with Crippen LogP contribution in [0.15, 0.2) is 240 Å². The van der Waals surface area contributed by atoms with Gasteiger partial charge in [0.05, 0.1) is 29.0 Å². The van der Waals surface area contributed by atoms with Gasteiger partial charge in [0, 0.05) is 31.8 Å². The zero-order valence-corrected chi connectivity index (χ0v) is 39.2. The molecule has 1 heterocycles. The van der Waals surface area contributed by atoms with Crippen LogP contribution in [0.4, 0.5) is 0 Å². The largest absolute Gasteiger partial charge is 0.309 e. The Morgan fingerprint density at radius 1 is 0.692 bits per heavy atom. The minimum atomic E-state index is 0.534. The molecule has 0 unspecified atom stereocenters. The molecule has 65 heavy (non-hydrogen) atoms. The molecule has 0 amide bonds. The Morgan fingerprint density at radius 2 is 1.31 bits per heavy atom. The third-order valence-electron chi connectivity index (χ3n) is 10.8.